The van der Waals surface area contributed by atoms with Crippen molar-refractivity contribution in [3.05, 3.63) is 60.2 Å². The van der Waals surface area contributed by atoms with Gasteiger partial charge in [-0.15, -0.1) is 0 Å². The Morgan fingerprint density at radius 1 is 1.12 bits per heavy atom. The second-order valence-corrected chi connectivity index (χ2v) is 7.00. The number of methoxy groups -OCH3 is 1. The van der Waals surface area contributed by atoms with E-state index in [4.69, 9.17) is 9.72 Å². The minimum Gasteiger partial charge on any atom is -0.495 e. The first kappa shape index (κ1) is 16.9. The average molecular weight is 350 g/mol. The van der Waals surface area contributed by atoms with Gasteiger partial charge in [-0.25, -0.2) is 4.98 Å². The molecule has 0 spiro atoms. The standard InChI is InChI=1S/C21H26N4O/c1-16-14-24(20-9-4-5-10-21(20)26-3)13-12-23(16)15-18-19-8-6-7-11-25(19)17(2)22-18/h4-11,16H,12-15H2,1-3H3/t16-/m0/s1. The molecule has 5 nitrogen and oxygen atoms in total. The number of rotatable bonds is 4. The Balaban J connectivity index is 1.51. The van der Waals surface area contributed by atoms with E-state index in [1.54, 1.807) is 7.11 Å². The van der Waals surface area contributed by atoms with E-state index in [9.17, 15) is 0 Å². The zero-order chi connectivity index (χ0) is 18.1. The first-order chi connectivity index (χ1) is 12.7. The van der Waals surface area contributed by atoms with Gasteiger partial charge in [0.15, 0.2) is 0 Å². The fourth-order valence-corrected chi connectivity index (χ4v) is 3.92. The molecule has 1 atom stereocenters. The summed E-state index contributed by atoms with van der Waals surface area (Å²) in [5, 5.41) is 0. The van der Waals surface area contributed by atoms with Gasteiger partial charge in [0.05, 0.1) is 24.0 Å². The van der Waals surface area contributed by atoms with Gasteiger partial charge in [-0.3, -0.25) is 4.90 Å². The minimum atomic E-state index is 0.453. The van der Waals surface area contributed by atoms with Crippen LogP contribution in [0.5, 0.6) is 5.75 Å². The van der Waals surface area contributed by atoms with Crippen molar-refractivity contribution in [3.63, 3.8) is 0 Å². The highest BCUT2D eigenvalue weighted by atomic mass is 16.5. The van der Waals surface area contributed by atoms with E-state index in [1.807, 2.05) is 12.1 Å². The third-order valence-electron chi connectivity index (χ3n) is 5.34. The van der Waals surface area contributed by atoms with Crippen LogP contribution in [-0.4, -0.2) is 47.1 Å². The lowest BCUT2D eigenvalue weighted by Crippen LogP contribution is -2.51. The number of fused-ring (bicyclic) bond motifs is 1. The molecule has 0 saturated carbocycles. The van der Waals surface area contributed by atoms with Crippen LogP contribution in [0, 0.1) is 6.92 Å². The number of hydrogen-bond donors (Lipinski definition) is 0. The van der Waals surface area contributed by atoms with E-state index in [1.165, 1.54) is 16.9 Å². The number of pyridine rings is 1. The molecule has 1 aromatic carbocycles. The Kier molecular flexibility index (Phi) is 4.55. The molecular weight excluding hydrogens is 324 g/mol. The number of anilines is 1. The van der Waals surface area contributed by atoms with E-state index in [-0.39, 0.29) is 0 Å². The summed E-state index contributed by atoms with van der Waals surface area (Å²) in [6.45, 7) is 8.26. The molecule has 0 aliphatic carbocycles. The first-order valence-corrected chi connectivity index (χ1v) is 9.22. The molecule has 4 rings (SSSR count). The van der Waals surface area contributed by atoms with Gasteiger partial charge in [0, 0.05) is 38.4 Å². The van der Waals surface area contributed by atoms with E-state index >= 15 is 0 Å². The van der Waals surface area contributed by atoms with Crippen LogP contribution in [0.1, 0.15) is 18.4 Å². The Hall–Kier alpha value is -2.53. The van der Waals surface area contributed by atoms with Crippen LogP contribution in [0.25, 0.3) is 5.52 Å². The van der Waals surface area contributed by atoms with E-state index in [0.717, 1.165) is 37.8 Å². The Bertz CT molecular complexity index is 904. The fraction of sp³-hybridized carbons (Fsp3) is 0.381. The topological polar surface area (TPSA) is 33.0 Å². The predicted molar refractivity (Wildman–Crippen MR) is 105 cm³/mol. The summed E-state index contributed by atoms with van der Waals surface area (Å²) in [6.07, 6.45) is 2.09. The highest BCUT2D eigenvalue weighted by molar-refractivity contribution is 5.59. The molecule has 1 fully saturated rings. The molecule has 3 aromatic rings. The normalized spacial score (nSPS) is 18.4. The third kappa shape index (κ3) is 3.03. The lowest BCUT2D eigenvalue weighted by Gasteiger charge is -2.41. The van der Waals surface area contributed by atoms with Crippen molar-refractivity contribution in [2.24, 2.45) is 0 Å². The first-order valence-electron chi connectivity index (χ1n) is 9.22. The molecule has 26 heavy (non-hydrogen) atoms. The number of aromatic nitrogens is 2. The number of piperazine rings is 1. The number of imidazole rings is 1. The molecule has 3 heterocycles. The van der Waals surface area contributed by atoms with Crippen LogP contribution < -0.4 is 9.64 Å². The van der Waals surface area contributed by atoms with Crippen molar-refractivity contribution in [2.75, 3.05) is 31.6 Å². The zero-order valence-corrected chi connectivity index (χ0v) is 15.7. The van der Waals surface area contributed by atoms with Crippen molar-refractivity contribution in [1.29, 1.82) is 0 Å². The number of ether oxygens (including phenoxy) is 1. The summed E-state index contributed by atoms with van der Waals surface area (Å²) in [5.74, 6) is 2.00. The molecule has 5 heteroatoms. The lowest BCUT2D eigenvalue weighted by atomic mass is 10.1. The van der Waals surface area contributed by atoms with Crippen LogP contribution in [0.2, 0.25) is 0 Å². The highest BCUT2D eigenvalue weighted by Gasteiger charge is 2.26. The van der Waals surface area contributed by atoms with Gasteiger partial charge in [0.25, 0.3) is 0 Å². The SMILES string of the molecule is COc1ccccc1N1CCN(Cc2nc(C)n3ccccc23)[C@@H](C)C1. The summed E-state index contributed by atoms with van der Waals surface area (Å²) in [6, 6.07) is 15.0. The number of benzene rings is 1. The van der Waals surface area contributed by atoms with Crippen molar-refractivity contribution in [2.45, 2.75) is 26.4 Å². The van der Waals surface area contributed by atoms with Crippen LogP contribution >= 0.6 is 0 Å². The van der Waals surface area contributed by atoms with E-state index in [0.29, 0.717) is 6.04 Å². The van der Waals surface area contributed by atoms with Gasteiger partial charge in [-0.05, 0) is 38.1 Å². The molecule has 0 unspecified atom stereocenters. The summed E-state index contributed by atoms with van der Waals surface area (Å²) >= 11 is 0. The maximum atomic E-state index is 5.54. The molecule has 2 aromatic heterocycles. The molecule has 0 radical (unpaired) electrons. The highest BCUT2D eigenvalue weighted by Crippen LogP contribution is 2.30. The van der Waals surface area contributed by atoms with Crippen LogP contribution in [0.15, 0.2) is 48.7 Å². The smallest absolute Gasteiger partial charge is 0.142 e. The molecular formula is C21H26N4O. The summed E-state index contributed by atoms with van der Waals surface area (Å²) in [7, 11) is 1.74. The molecule has 0 N–H and O–H groups in total. The van der Waals surface area contributed by atoms with Crippen LogP contribution in [-0.2, 0) is 6.54 Å². The third-order valence-corrected chi connectivity index (χ3v) is 5.34. The second kappa shape index (κ2) is 7.00. The maximum absolute atomic E-state index is 5.54. The largest absolute Gasteiger partial charge is 0.495 e. The van der Waals surface area contributed by atoms with E-state index in [2.05, 4.69) is 64.6 Å². The minimum absolute atomic E-state index is 0.453. The number of hydrogen-bond acceptors (Lipinski definition) is 4. The quantitative estimate of drug-likeness (QED) is 0.722. The monoisotopic (exact) mass is 350 g/mol. The van der Waals surface area contributed by atoms with Crippen molar-refractivity contribution in [1.82, 2.24) is 14.3 Å². The van der Waals surface area contributed by atoms with Gasteiger partial charge < -0.3 is 14.0 Å². The Morgan fingerprint density at radius 3 is 2.73 bits per heavy atom. The van der Waals surface area contributed by atoms with Gasteiger partial charge in [0.1, 0.15) is 11.6 Å². The molecule has 1 aliphatic rings. The van der Waals surface area contributed by atoms with E-state index < -0.39 is 0 Å². The van der Waals surface area contributed by atoms with Crippen molar-refractivity contribution < 1.29 is 4.74 Å². The van der Waals surface area contributed by atoms with Gasteiger partial charge in [0.2, 0.25) is 0 Å². The number of para-hydroxylation sites is 2. The predicted octanol–water partition coefficient (Wildman–Crippen LogP) is 3.36. The van der Waals surface area contributed by atoms with Gasteiger partial charge in [-0.1, -0.05) is 18.2 Å². The maximum Gasteiger partial charge on any atom is 0.142 e. The average Bonchev–Trinajstić information content (AvgIpc) is 2.99. The Labute approximate surface area is 154 Å². The number of aryl methyl sites for hydroxylation is 1. The van der Waals surface area contributed by atoms with Gasteiger partial charge >= 0.3 is 0 Å². The van der Waals surface area contributed by atoms with Crippen LogP contribution in [0.3, 0.4) is 0 Å². The van der Waals surface area contributed by atoms with Crippen molar-refractivity contribution >= 4 is 11.2 Å². The zero-order valence-electron chi connectivity index (χ0n) is 15.7. The number of nitrogens with zero attached hydrogens (tertiary/aromatic N) is 4. The van der Waals surface area contributed by atoms with Gasteiger partial charge in [-0.2, -0.15) is 0 Å². The summed E-state index contributed by atoms with van der Waals surface area (Å²) < 4.78 is 7.71. The molecule has 0 amide bonds. The fourth-order valence-electron chi connectivity index (χ4n) is 3.92. The Morgan fingerprint density at radius 2 is 1.92 bits per heavy atom. The molecule has 136 valence electrons. The molecule has 1 aliphatic heterocycles. The van der Waals surface area contributed by atoms with Crippen LogP contribution in [0.4, 0.5) is 5.69 Å². The molecule has 1 saturated heterocycles. The summed E-state index contributed by atoms with van der Waals surface area (Å²) in [5.41, 5.74) is 3.56. The lowest BCUT2D eigenvalue weighted by molar-refractivity contribution is 0.179. The van der Waals surface area contributed by atoms with Crippen molar-refractivity contribution in [3.8, 4) is 5.75 Å². The second-order valence-electron chi connectivity index (χ2n) is 7.00. The molecule has 0 bridgehead atoms. The summed E-state index contributed by atoms with van der Waals surface area (Å²) in [4.78, 5) is 9.77.